The number of hydrogen-bond donors (Lipinski definition) is 2. The number of thiophene rings is 1. The number of anilines is 1. The van der Waals surface area contributed by atoms with Gasteiger partial charge in [-0.15, -0.1) is 11.3 Å². The first-order chi connectivity index (χ1) is 18.6. The molecule has 7 nitrogen and oxygen atoms in total. The summed E-state index contributed by atoms with van der Waals surface area (Å²) in [6.45, 7) is 2.44. The van der Waals surface area contributed by atoms with E-state index in [0.717, 1.165) is 82.0 Å². The zero-order valence-electron chi connectivity index (χ0n) is 21.1. The van der Waals surface area contributed by atoms with Crippen LogP contribution in [0.25, 0.3) is 21.3 Å². The summed E-state index contributed by atoms with van der Waals surface area (Å²) in [5.41, 5.74) is 6.71. The highest BCUT2D eigenvalue weighted by atomic mass is 35.5. The van der Waals surface area contributed by atoms with Crippen LogP contribution in [0.5, 0.6) is 0 Å². The molecule has 2 aliphatic heterocycles. The Morgan fingerprint density at radius 3 is 2.87 bits per heavy atom. The molecule has 2 fully saturated rings. The van der Waals surface area contributed by atoms with Gasteiger partial charge in [0.1, 0.15) is 0 Å². The van der Waals surface area contributed by atoms with Crippen LogP contribution in [-0.4, -0.2) is 51.7 Å². The van der Waals surface area contributed by atoms with E-state index in [1.165, 1.54) is 11.3 Å². The average molecular weight is 548 g/mol. The SMILES string of the molecule is O=c1cc(C2CC2)cnn1Cc1cc2nccc(-c3cc(Cl)cc4c3N([C@@H]3CN[C@@H](CO)C3)CCC4)c2s1. The molecular formula is C29H30ClN5O2S. The van der Waals surface area contributed by atoms with E-state index >= 15 is 0 Å². The predicted molar refractivity (Wildman–Crippen MR) is 153 cm³/mol. The van der Waals surface area contributed by atoms with Crippen LogP contribution >= 0.6 is 22.9 Å². The Morgan fingerprint density at radius 2 is 2.08 bits per heavy atom. The molecule has 0 bridgehead atoms. The topological polar surface area (TPSA) is 83.3 Å². The molecule has 5 heterocycles. The van der Waals surface area contributed by atoms with E-state index in [0.29, 0.717) is 18.5 Å². The molecule has 1 saturated heterocycles. The number of pyridine rings is 1. The highest BCUT2D eigenvalue weighted by molar-refractivity contribution is 7.19. The van der Waals surface area contributed by atoms with E-state index in [4.69, 9.17) is 11.6 Å². The van der Waals surface area contributed by atoms with E-state index < -0.39 is 0 Å². The maximum absolute atomic E-state index is 12.7. The maximum atomic E-state index is 12.7. The van der Waals surface area contributed by atoms with Crippen molar-refractivity contribution in [3.05, 3.63) is 74.1 Å². The number of aliphatic hydroxyl groups excluding tert-OH is 1. The predicted octanol–water partition coefficient (Wildman–Crippen LogP) is 4.57. The Morgan fingerprint density at radius 1 is 1.18 bits per heavy atom. The Labute approximate surface area is 230 Å². The lowest BCUT2D eigenvalue weighted by atomic mass is 9.92. The molecule has 0 spiro atoms. The van der Waals surface area contributed by atoms with Crippen LogP contribution in [0.3, 0.4) is 0 Å². The summed E-state index contributed by atoms with van der Waals surface area (Å²) in [4.78, 5) is 21.0. The number of aryl methyl sites for hydroxylation is 1. The molecule has 1 aromatic carbocycles. The molecule has 0 unspecified atom stereocenters. The number of aromatic nitrogens is 3. The Kier molecular flexibility index (Phi) is 6.23. The summed E-state index contributed by atoms with van der Waals surface area (Å²) >= 11 is 8.35. The third-order valence-electron chi connectivity index (χ3n) is 8.14. The minimum atomic E-state index is -0.0500. The van der Waals surface area contributed by atoms with Crippen molar-refractivity contribution in [1.82, 2.24) is 20.1 Å². The fraction of sp³-hybridized carbons (Fsp3) is 0.414. The number of benzene rings is 1. The molecule has 9 heteroatoms. The summed E-state index contributed by atoms with van der Waals surface area (Å²) in [5.74, 6) is 0.513. The van der Waals surface area contributed by atoms with Crippen LogP contribution in [-0.2, 0) is 13.0 Å². The lowest BCUT2D eigenvalue weighted by Gasteiger charge is -2.38. The third kappa shape index (κ3) is 4.43. The van der Waals surface area contributed by atoms with Crippen molar-refractivity contribution in [3.8, 4) is 11.1 Å². The first-order valence-corrected chi connectivity index (χ1v) is 14.6. The number of rotatable bonds is 6. The van der Waals surface area contributed by atoms with Crippen molar-refractivity contribution in [2.75, 3.05) is 24.6 Å². The second-order valence-electron chi connectivity index (χ2n) is 10.8. The molecule has 0 radical (unpaired) electrons. The van der Waals surface area contributed by atoms with Crippen LogP contribution in [0.2, 0.25) is 5.02 Å². The maximum Gasteiger partial charge on any atom is 0.267 e. The molecule has 1 aliphatic carbocycles. The molecule has 3 aliphatic rings. The van der Waals surface area contributed by atoms with Crippen LogP contribution in [0, 0.1) is 0 Å². The fourth-order valence-corrected chi connectivity index (χ4v) is 7.48. The van der Waals surface area contributed by atoms with Gasteiger partial charge in [0, 0.05) is 64.2 Å². The molecule has 3 aromatic heterocycles. The van der Waals surface area contributed by atoms with Gasteiger partial charge in [-0.05, 0) is 73.4 Å². The molecule has 4 aromatic rings. The molecular weight excluding hydrogens is 518 g/mol. The van der Waals surface area contributed by atoms with E-state index in [9.17, 15) is 9.90 Å². The number of hydrogen-bond acceptors (Lipinski definition) is 7. The quantitative estimate of drug-likeness (QED) is 0.368. The molecule has 0 amide bonds. The highest BCUT2D eigenvalue weighted by Crippen LogP contribution is 2.45. The van der Waals surface area contributed by atoms with Crippen LogP contribution in [0.4, 0.5) is 5.69 Å². The van der Waals surface area contributed by atoms with Crippen molar-refractivity contribution >= 4 is 38.8 Å². The van der Waals surface area contributed by atoms with Gasteiger partial charge in [0.15, 0.2) is 0 Å². The summed E-state index contributed by atoms with van der Waals surface area (Å²) < 4.78 is 2.64. The van der Waals surface area contributed by atoms with Gasteiger partial charge in [-0.3, -0.25) is 9.78 Å². The second kappa shape index (κ2) is 9.75. The first-order valence-electron chi connectivity index (χ1n) is 13.5. The number of nitrogens with zero attached hydrogens (tertiary/aromatic N) is 4. The largest absolute Gasteiger partial charge is 0.395 e. The molecule has 2 atom stereocenters. The van der Waals surface area contributed by atoms with Gasteiger partial charge in [-0.1, -0.05) is 11.6 Å². The van der Waals surface area contributed by atoms with Crippen molar-refractivity contribution in [1.29, 1.82) is 0 Å². The molecule has 1 saturated carbocycles. The van der Waals surface area contributed by atoms with Gasteiger partial charge < -0.3 is 15.3 Å². The van der Waals surface area contributed by atoms with E-state index in [-0.39, 0.29) is 18.2 Å². The standard InChI is InChI=1S/C29H30ClN5O2S/c30-20-8-18-2-1-7-34(22-11-21(16-36)32-14-22)28(18)25(10-20)24-5-6-31-26-12-23(38-29(24)26)15-35-27(37)9-19(13-33-35)17-3-4-17/h5-6,8-10,12-13,17,21-22,32,36H,1-4,7,11,14-16H2/t21-,22+/m1/s1. The van der Waals surface area contributed by atoms with Crippen LogP contribution in [0.1, 0.15) is 47.6 Å². The number of fused-ring (bicyclic) bond motifs is 2. The first kappa shape index (κ1) is 24.3. The summed E-state index contributed by atoms with van der Waals surface area (Å²) in [6.07, 6.45) is 9.03. The lowest BCUT2D eigenvalue weighted by molar-refractivity contribution is 0.254. The summed E-state index contributed by atoms with van der Waals surface area (Å²) in [7, 11) is 0. The van der Waals surface area contributed by atoms with Gasteiger partial charge >= 0.3 is 0 Å². The van der Waals surface area contributed by atoms with Crippen molar-refractivity contribution in [3.63, 3.8) is 0 Å². The zero-order valence-corrected chi connectivity index (χ0v) is 22.6. The Balaban J connectivity index is 1.28. The second-order valence-corrected chi connectivity index (χ2v) is 12.4. The van der Waals surface area contributed by atoms with Gasteiger partial charge in [0.2, 0.25) is 0 Å². The summed E-state index contributed by atoms with van der Waals surface area (Å²) in [6, 6.07) is 10.6. The minimum Gasteiger partial charge on any atom is -0.395 e. The lowest BCUT2D eigenvalue weighted by Crippen LogP contribution is -2.40. The fourth-order valence-electron chi connectivity index (χ4n) is 6.11. The number of nitrogens with one attached hydrogen (secondary N) is 1. The molecule has 196 valence electrons. The van der Waals surface area contributed by atoms with Crippen molar-refractivity contribution < 1.29 is 5.11 Å². The number of aliphatic hydroxyl groups is 1. The normalized spacial score (nSPS) is 21.3. The highest BCUT2D eigenvalue weighted by Gasteiger charge is 2.33. The average Bonchev–Trinajstić information content (AvgIpc) is 3.51. The smallest absolute Gasteiger partial charge is 0.267 e. The number of halogens is 1. The zero-order chi connectivity index (χ0) is 25.8. The van der Waals surface area contributed by atoms with Gasteiger partial charge in [-0.2, -0.15) is 5.10 Å². The van der Waals surface area contributed by atoms with Crippen LogP contribution < -0.4 is 15.8 Å². The van der Waals surface area contributed by atoms with Gasteiger partial charge in [0.05, 0.1) is 29.6 Å². The van der Waals surface area contributed by atoms with Gasteiger partial charge in [-0.25, -0.2) is 4.68 Å². The monoisotopic (exact) mass is 547 g/mol. The minimum absolute atomic E-state index is 0.0500. The Hall–Kier alpha value is -2.78. The Bertz CT molecular complexity index is 1580. The molecule has 2 N–H and O–H groups in total. The third-order valence-corrected chi connectivity index (χ3v) is 9.50. The summed E-state index contributed by atoms with van der Waals surface area (Å²) in [5, 5.41) is 18.4. The van der Waals surface area contributed by atoms with E-state index in [1.54, 1.807) is 22.1 Å². The molecule has 7 rings (SSSR count). The van der Waals surface area contributed by atoms with E-state index in [1.807, 2.05) is 12.4 Å². The van der Waals surface area contributed by atoms with Crippen molar-refractivity contribution in [2.45, 2.75) is 56.7 Å². The van der Waals surface area contributed by atoms with Crippen LogP contribution in [0.15, 0.2) is 47.5 Å². The van der Waals surface area contributed by atoms with Crippen molar-refractivity contribution in [2.24, 2.45) is 0 Å². The molecule has 38 heavy (non-hydrogen) atoms. The van der Waals surface area contributed by atoms with Gasteiger partial charge in [0.25, 0.3) is 5.56 Å². The van der Waals surface area contributed by atoms with E-state index in [2.05, 4.69) is 44.6 Å².